The number of allylic oxidation sites excluding steroid dienone is 1. The van der Waals surface area contributed by atoms with Crippen molar-refractivity contribution in [2.75, 3.05) is 0 Å². The quantitative estimate of drug-likeness (QED) is 0.739. The van der Waals surface area contributed by atoms with E-state index in [1.54, 1.807) is 5.57 Å². The summed E-state index contributed by atoms with van der Waals surface area (Å²) in [5.41, 5.74) is 10.1. The zero-order valence-electron chi connectivity index (χ0n) is 13.5. The van der Waals surface area contributed by atoms with Gasteiger partial charge in [-0.25, -0.2) is 0 Å². The first kappa shape index (κ1) is 13.6. The van der Waals surface area contributed by atoms with Crippen molar-refractivity contribution in [3.63, 3.8) is 0 Å². The molecule has 1 aromatic rings. The first-order chi connectivity index (χ1) is 9.51. The monoisotopic (exact) mass is 267 g/mol. The molecule has 0 spiro atoms. The van der Waals surface area contributed by atoms with Gasteiger partial charge in [-0.05, 0) is 68.9 Å². The van der Waals surface area contributed by atoms with Gasteiger partial charge in [0, 0.05) is 23.1 Å². The Balaban J connectivity index is 2.17. The smallest absolute Gasteiger partial charge is 0.392 e. The predicted molar refractivity (Wildman–Crippen MR) is 86.7 cm³/mol. The molecule has 1 unspecified atom stereocenters. The highest BCUT2D eigenvalue weighted by Gasteiger charge is 2.35. The van der Waals surface area contributed by atoms with Crippen molar-refractivity contribution >= 4 is 13.6 Å². The summed E-state index contributed by atoms with van der Waals surface area (Å²) in [6, 6.07) is 0.492. The third kappa shape index (κ3) is 1.58. The van der Waals surface area contributed by atoms with Crippen LogP contribution in [-0.4, -0.2) is 22.9 Å². The summed E-state index contributed by atoms with van der Waals surface area (Å²) in [4.78, 5) is 2.44. The second-order valence-electron chi connectivity index (χ2n) is 6.03. The lowest BCUT2D eigenvalue weighted by Crippen LogP contribution is -2.39. The highest BCUT2D eigenvalue weighted by atomic mass is 15.2. The number of hydrogen-bond acceptors (Lipinski definition) is 1. The lowest BCUT2D eigenvalue weighted by Gasteiger charge is -2.31. The second-order valence-corrected chi connectivity index (χ2v) is 6.03. The molecular formula is C17H24BN2. The molecule has 20 heavy (non-hydrogen) atoms. The van der Waals surface area contributed by atoms with Crippen LogP contribution in [0.2, 0.25) is 0 Å². The zero-order valence-corrected chi connectivity index (χ0v) is 13.5. The summed E-state index contributed by atoms with van der Waals surface area (Å²) in [6.07, 6.45) is 4.64. The van der Waals surface area contributed by atoms with Gasteiger partial charge in [0.05, 0.1) is 0 Å². The van der Waals surface area contributed by atoms with E-state index in [2.05, 4.69) is 64.5 Å². The Bertz CT molecular complexity index is 634. The Morgan fingerprint density at radius 3 is 2.45 bits per heavy atom. The average Bonchev–Trinajstić information content (AvgIpc) is 2.82. The molecule has 3 heterocycles. The second kappa shape index (κ2) is 4.58. The van der Waals surface area contributed by atoms with Crippen LogP contribution in [0.1, 0.15) is 56.6 Å². The van der Waals surface area contributed by atoms with Crippen LogP contribution in [0.15, 0.2) is 16.8 Å². The largest absolute Gasteiger partial charge is 0.396 e. The van der Waals surface area contributed by atoms with E-state index in [-0.39, 0.29) is 0 Å². The van der Waals surface area contributed by atoms with Gasteiger partial charge >= 0.3 is 7.55 Å². The summed E-state index contributed by atoms with van der Waals surface area (Å²) >= 11 is 0. The Morgan fingerprint density at radius 2 is 1.85 bits per heavy atom. The van der Waals surface area contributed by atoms with Gasteiger partial charge in [-0.1, -0.05) is 13.8 Å². The van der Waals surface area contributed by atoms with E-state index in [0.29, 0.717) is 6.04 Å². The van der Waals surface area contributed by atoms with E-state index < -0.39 is 0 Å². The number of rotatable bonds is 2. The standard InChI is InChI=1S/C17H24BN2/c1-7-14-10(3)16-9-17-11(4)15(8-2)13(6)20(17)18-19(16)12(14)5/h9,12H,7-8H2,1-6H3. The molecule has 0 N–H and O–H groups in total. The highest BCUT2D eigenvalue weighted by Crippen LogP contribution is 2.39. The fourth-order valence-electron chi connectivity index (χ4n) is 3.99. The third-order valence-electron chi connectivity index (χ3n) is 5.21. The maximum Gasteiger partial charge on any atom is 0.396 e. The van der Waals surface area contributed by atoms with Gasteiger partial charge in [0.2, 0.25) is 0 Å². The summed E-state index contributed by atoms with van der Waals surface area (Å²) in [6.45, 7) is 13.6. The Kier molecular flexibility index (Phi) is 3.11. The molecule has 3 rings (SSSR count). The van der Waals surface area contributed by atoms with E-state index in [9.17, 15) is 0 Å². The SMILES string of the molecule is CCC1=C(C)C2=Cc3c(C)c(CC)c(C)n3[B]N2C1C. The molecule has 0 bridgehead atoms. The summed E-state index contributed by atoms with van der Waals surface area (Å²) < 4.78 is 2.38. The average molecular weight is 267 g/mol. The highest BCUT2D eigenvalue weighted by molar-refractivity contribution is 6.33. The topological polar surface area (TPSA) is 8.17 Å². The van der Waals surface area contributed by atoms with E-state index >= 15 is 0 Å². The number of hydrogen-bond donors (Lipinski definition) is 0. The van der Waals surface area contributed by atoms with Crippen molar-refractivity contribution in [3.8, 4) is 0 Å². The van der Waals surface area contributed by atoms with Crippen LogP contribution in [0.5, 0.6) is 0 Å². The Labute approximate surface area is 123 Å². The van der Waals surface area contributed by atoms with Crippen molar-refractivity contribution in [2.45, 2.75) is 60.4 Å². The van der Waals surface area contributed by atoms with Gasteiger partial charge in [-0.2, -0.15) is 0 Å². The van der Waals surface area contributed by atoms with Crippen LogP contribution in [-0.2, 0) is 6.42 Å². The van der Waals surface area contributed by atoms with Gasteiger partial charge in [0.15, 0.2) is 0 Å². The fraction of sp³-hybridized carbons (Fsp3) is 0.529. The van der Waals surface area contributed by atoms with Gasteiger partial charge in [-0.15, -0.1) is 0 Å². The Hall–Kier alpha value is -1.38. The molecule has 0 fully saturated rings. The molecule has 0 saturated carbocycles. The molecule has 0 amide bonds. The zero-order chi connectivity index (χ0) is 14.6. The lowest BCUT2D eigenvalue weighted by molar-refractivity contribution is 0.491. The molecule has 105 valence electrons. The van der Waals surface area contributed by atoms with Crippen molar-refractivity contribution < 1.29 is 0 Å². The van der Waals surface area contributed by atoms with Crippen molar-refractivity contribution in [1.82, 2.24) is 9.29 Å². The third-order valence-corrected chi connectivity index (χ3v) is 5.21. The van der Waals surface area contributed by atoms with Crippen LogP contribution < -0.4 is 0 Å². The predicted octanol–water partition coefficient (Wildman–Crippen LogP) is 3.83. The molecule has 3 heteroatoms. The van der Waals surface area contributed by atoms with E-state index in [0.717, 1.165) is 12.8 Å². The van der Waals surface area contributed by atoms with Crippen LogP contribution in [0.25, 0.3) is 6.08 Å². The molecule has 0 aliphatic carbocycles. The molecule has 0 aromatic carbocycles. The number of aromatic nitrogens is 1. The number of nitrogens with zero attached hydrogens (tertiary/aromatic N) is 2. The van der Waals surface area contributed by atoms with Gasteiger partial charge in [0.1, 0.15) is 0 Å². The molecule has 2 aliphatic heterocycles. The van der Waals surface area contributed by atoms with E-state index in [4.69, 9.17) is 0 Å². The van der Waals surface area contributed by atoms with E-state index in [1.165, 1.54) is 33.8 Å². The summed E-state index contributed by atoms with van der Waals surface area (Å²) in [5, 5.41) is 0. The maximum absolute atomic E-state index is 2.44. The van der Waals surface area contributed by atoms with Gasteiger partial charge < -0.3 is 9.29 Å². The molecule has 2 aliphatic rings. The molecule has 1 aromatic heterocycles. The summed E-state index contributed by atoms with van der Waals surface area (Å²) in [5.74, 6) is 0. The van der Waals surface area contributed by atoms with Crippen LogP contribution in [0.3, 0.4) is 0 Å². The molecule has 0 saturated heterocycles. The number of fused-ring (bicyclic) bond motifs is 2. The maximum atomic E-state index is 2.44. The van der Waals surface area contributed by atoms with Gasteiger partial charge in [0.25, 0.3) is 0 Å². The van der Waals surface area contributed by atoms with Crippen LogP contribution in [0.4, 0.5) is 0 Å². The van der Waals surface area contributed by atoms with Crippen molar-refractivity contribution in [1.29, 1.82) is 0 Å². The molecular weight excluding hydrogens is 243 g/mol. The molecule has 1 radical (unpaired) electrons. The van der Waals surface area contributed by atoms with Crippen LogP contribution in [0, 0.1) is 13.8 Å². The van der Waals surface area contributed by atoms with Crippen molar-refractivity contribution in [3.05, 3.63) is 39.4 Å². The normalized spacial score (nSPS) is 20.8. The minimum absolute atomic E-state index is 0.492. The fourth-order valence-corrected chi connectivity index (χ4v) is 3.99. The lowest BCUT2D eigenvalue weighted by atomic mass is 9.97. The minimum Gasteiger partial charge on any atom is -0.392 e. The minimum atomic E-state index is 0.492. The summed E-state index contributed by atoms with van der Waals surface area (Å²) in [7, 11) is 2.31. The van der Waals surface area contributed by atoms with E-state index in [1.807, 2.05) is 0 Å². The molecule has 1 atom stereocenters. The van der Waals surface area contributed by atoms with Crippen LogP contribution >= 0.6 is 0 Å². The first-order valence-electron chi connectivity index (χ1n) is 7.76. The van der Waals surface area contributed by atoms with Crippen molar-refractivity contribution in [2.24, 2.45) is 0 Å². The Morgan fingerprint density at radius 1 is 1.15 bits per heavy atom. The van der Waals surface area contributed by atoms with Gasteiger partial charge in [-0.3, -0.25) is 0 Å². The molecule has 2 nitrogen and oxygen atoms in total. The first-order valence-corrected chi connectivity index (χ1v) is 7.76.